The van der Waals surface area contributed by atoms with Gasteiger partial charge in [-0.1, -0.05) is 24.3 Å². The van der Waals surface area contributed by atoms with E-state index in [0.29, 0.717) is 17.4 Å². The van der Waals surface area contributed by atoms with Crippen molar-refractivity contribution in [1.29, 1.82) is 0 Å². The lowest BCUT2D eigenvalue weighted by atomic mass is 9.89. The van der Waals surface area contributed by atoms with Gasteiger partial charge in [-0.05, 0) is 70.2 Å². The number of benzene rings is 2. The third-order valence-corrected chi connectivity index (χ3v) is 5.97. The fraction of sp³-hybridized carbons (Fsp3) is 0.423. The van der Waals surface area contributed by atoms with Crippen molar-refractivity contribution < 1.29 is 9.18 Å². The summed E-state index contributed by atoms with van der Waals surface area (Å²) in [7, 11) is 0. The number of anilines is 1. The van der Waals surface area contributed by atoms with Crippen LogP contribution in [0.5, 0.6) is 0 Å². The largest absolute Gasteiger partial charge is 0.360 e. The second kappa shape index (κ2) is 9.83. The third kappa shape index (κ3) is 6.05. The summed E-state index contributed by atoms with van der Waals surface area (Å²) < 4.78 is 14.3. The van der Waals surface area contributed by atoms with E-state index < -0.39 is 0 Å². The molecule has 3 aromatic rings. The first-order valence-corrected chi connectivity index (χ1v) is 11.6. The minimum Gasteiger partial charge on any atom is -0.360 e. The molecule has 174 valence electrons. The maximum absolute atomic E-state index is 14.3. The van der Waals surface area contributed by atoms with E-state index in [1.807, 2.05) is 18.2 Å². The number of hydrogen-bond acceptors (Lipinski definition) is 5. The Kier molecular flexibility index (Phi) is 6.88. The van der Waals surface area contributed by atoms with Gasteiger partial charge in [-0.15, -0.1) is 0 Å². The summed E-state index contributed by atoms with van der Waals surface area (Å²) in [6.07, 6.45) is 5.54. The van der Waals surface area contributed by atoms with Crippen molar-refractivity contribution >= 4 is 22.6 Å². The average molecular weight is 450 g/mol. The van der Waals surface area contributed by atoms with Gasteiger partial charge in [-0.25, -0.2) is 14.4 Å². The second-order valence-electron chi connectivity index (χ2n) is 9.80. The summed E-state index contributed by atoms with van der Waals surface area (Å²) >= 11 is 0. The van der Waals surface area contributed by atoms with Gasteiger partial charge in [-0.2, -0.15) is 0 Å². The smallest absolute Gasteiger partial charge is 0.239 e. The van der Waals surface area contributed by atoms with Gasteiger partial charge in [-0.3, -0.25) is 4.79 Å². The molecule has 0 atom stereocenters. The fourth-order valence-corrected chi connectivity index (χ4v) is 4.50. The minimum atomic E-state index is -0.282. The molecule has 6 nitrogen and oxygen atoms in total. The zero-order valence-corrected chi connectivity index (χ0v) is 19.5. The molecule has 3 N–H and O–H groups in total. The first-order chi connectivity index (χ1) is 15.8. The Morgan fingerprint density at radius 3 is 2.48 bits per heavy atom. The number of aromatic nitrogens is 2. The van der Waals surface area contributed by atoms with E-state index in [9.17, 15) is 9.18 Å². The van der Waals surface area contributed by atoms with Crippen LogP contribution < -0.4 is 16.0 Å². The first kappa shape index (κ1) is 23.1. The molecule has 1 aromatic heterocycles. The maximum atomic E-state index is 14.3. The predicted molar refractivity (Wildman–Crippen MR) is 130 cm³/mol. The van der Waals surface area contributed by atoms with Crippen LogP contribution in [0.4, 0.5) is 10.2 Å². The van der Waals surface area contributed by atoms with E-state index in [2.05, 4.69) is 46.7 Å². The molecule has 0 spiro atoms. The Bertz CT molecular complexity index is 1120. The fourth-order valence-electron chi connectivity index (χ4n) is 4.50. The number of fused-ring (bicyclic) bond motifs is 1. The molecule has 1 aliphatic rings. The standard InChI is InChI=1S/C26H32FN5O/c1-26(2,3)32-19-11-9-18(10-12-19)31-24(33)15-28-25-21-14-17(8-13-23(21)29-16-30-25)20-6-4-5-7-22(20)27/h4-8,13-14,16,18-19,32H,9-12,15H2,1-3H3,(H,31,33)(H,28,29,30). The molecule has 4 rings (SSSR count). The highest BCUT2D eigenvalue weighted by Gasteiger charge is 2.25. The second-order valence-corrected chi connectivity index (χ2v) is 9.80. The third-order valence-electron chi connectivity index (χ3n) is 5.97. The molecular formula is C26H32FN5O. The predicted octanol–water partition coefficient (Wildman–Crippen LogP) is 4.66. The summed E-state index contributed by atoms with van der Waals surface area (Å²) in [6, 6.07) is 12.9. The van der Waals surface area contributed by atoms with Crippen LogP contribution in [0.2, 0.25) is 0 Å². The van der Waals surface area contributed by atoms with Gasteiger partial charge in [0.25, 0.3) is 0 Å². The molecule has 1 aliphatic carbocycles. The van der Waals surface area contributed by atoms with E-state index in [1.165, 1.54) is 12.4 Å². The van der Waals surface area contributed by atoms with Crippen molar-refractivity contribution in [2.24, 2.45) is 0 Å². The molecule has 1 amide bonds. The Labute approximate surface area is 194 Å². The Morgan fingerprint density at radius 1 is 1.03 bits per heavy atom. The SMILES string of the molecule is CC(C)(C)NC1CCC(NC(=O)CNc2ncnc3ccc(-c4ccccc4F)cc23)CC1. The molecule has 7 heteroatoms. The molecule has 1 heterocycles. The highest BCUT2D eigenvalue weighted by Crippen LogP contribution is 2.28. The van der Waals surface area contributed by atoms with E-state index in [1.54, 1.807) is 18.2 Å². The Balaban J connectivity index is 1.38. The summed E-state index contributed by atoms with van der Waals surface area (Å²) in [5, 5.41) is 10.7. The number of hydrogen-bond donors (Lipinski definition) is 3. The molecule has 0 radical (unpaired) electrons. The zero-order valence-electron chi connectivity index (χ0n) is 19.5. The number of carbonyl (C=O) groups excluding carboxylic acids is 1. The molecule has 0 bridgehead atoms. The van der Waals surface area contributed by atoms with Gasteiger partial charge in [0.05, 0.1) is 12.1 Å². The van der Waals surface area contributed by atoms with Crippen LogP contribution in [-0.4, -0.2) is 40.0 Å². The normalized spacial score (nSPS) is 18.8. The highest BCUT2D eigenvalue weighted by molar-refractivity contribution is 5.93. The molecule has 0 aliphatic heterocycles. The van der Waals surface area contributed by atoms with Crippen LogP contribution in [0.3, 0.4) is 0 Å². The summed E-state index contributed by atoms with van der Waals surface area (Å²) in [5.74, 6) is 0.223. The van der Waals surface area contributed by atoms with Crippen molar-refractivity contribution in [2.75, 3.05) is 11.9 Å². The molecular weight excluding hydrogens is 417 g/mol. The van der Waals surface area contributed by atoms with Gasteiger partial charge in [0.2, 0.25) is 5.91 Å². The molecule has 0 saturated heterocycles. The number of amides is 1. The lowest BCUT2D eigenvalue weighted by Gasteiger charge is -2.34. The Hall–Kier alpha value is -3.06. The van der Waals surface area contributed by atoms with E-state index >= 15 is 0 Å². The van der Waals surface area contributed by atoms with Crippen LogP contribution in [0.1, 0.15) is 46.5 Å². The number of rotatable bonds is 6. The van der Waals surface area contributed by atoms with Crippen LogP contribution >= 0.6 is 0 Å². The number of nitrogens with zero attached hydrogens (tertiary/aromatic N) is 2. The van der Waals surface area contributed by atoms with Gasteiger partial charge >= 0.3 is 0 Å². The number of carbonyl (C=O) groups is 1. The monoisotopic (exact) mass is 449 g/mol. The van der Waals surface area contributed by atoms with Gasteiger partial charge in [0.15, 0.2) is 0 Å². The highest BCUT2D eigenvalue weighted by atomic mass is 19.1. The van der Waals surface area contributed by atoms with Crippen LogP contribution in [0.25, 0.3) is 22.0 Å². The lowest BCUT2D eigenvalue weighted by Crippen LogP contribution is -2.48. The minimum absolute atomic E-state index is 0.0562. The summed E-state index contributed by atoms with van der Waals surface area (Å²) in [6.45, 7) is 6.67. The number of halogens is 1. The van der Waals surface area contributed by atoms with Crippen molar-refractivity contribution in [3.8, 4) is 11.1 Å². The quantitative estimate of drug-likeness (QED) is 0.510. The van der Waals surface area contributed by atoms with Gasteiger partial charge < -0.3 is 16.0 Å². The van der Waals surface area contributed by atoms with Crippen molar-refractivity contribution in [2.45, 2.75) is 64.1 Å². The van der Waals surface area contributed by atoms with E-state index in [4.69, 9.17) is 0 Å². The summed E-state index contributed by atoms with van der Waals surface area (Å²) in [4.78, 5) is 21.2. The average Bonchev–Trinajstić information content (AvgIpc) is 2.78. The van der Waals surface area contributed by atoms with E-state index in [-0.39, 0.29) is 29.8 Å². The van der Waals surface area contributed by atoms with Gasteiger partial charge in [0, 0.05) is 28.6 Å². The first-order valence-electron chi connectivity index (χ1n) is 11.6. The van der Waals surface area contributed by atoms with Crippen LogP contribution in [-0.2, 0) is 4.79 Å². The van der Waals surface area contributed by atoms with Crippen molar-refractivity contribution in [1.82, 2.24) is 20.6 Å². The molecule has 33 heavy (non-hydrogen) atoms. The lowest BCUT2D eigenvalue weighted by molar-refractivity contribution is -0.120. The zero-order chi connectivity index (χ0) is 23.4. The Morgan fingerprint density at radius 2 is 1.76 bits per heavy atom. The maximum Gasteiger partial charge on any atom is 0.239 e. The molecule has 1 fully saturated rings. The number of nitrogens with one attached hydrogen (secondary N) is 3. The van der Waals surface area contributed by atoms with Crippen LogP contribution in [0, 0.1) is 5.82 Å². The summed E-state index contributed by atoms with van der Waals surface area (Å²) in [5.41, 5.74) is 2.10. The van der Waals surface area contributed by atoms with Crippen molar-refractivity contribution in [3.05, 3.63) is 54.6 Å². The van der Waals surface area contributed by atoms with Crippen molar-refractivity contribution in [3.63, 3.8) is 0 Å². The van der Waals surface area contributed by atoms with E-state index in [0.717, 1.165) is 42.1 Å². The topological polar surface area (TPSA) is 78.9 Å². The molecule has 0 unspecified atom stereocenters. The van der Waals surface area contributed by atoms with Gasteiger partial charge in [0.1, 0.15) is 18.0 Å². The van der Waals surface area contributed by atoms with Crippen LogP contribution in [0.15, 0.2) is 48.8 Å². The molecule has 2 aromatic carbocycles. The molecule has 1 saturated carbocycles.